The van der Waals surface area contributed by atoms with Crippen LogP contribution >= 0.6 is 0 Å². The second-order valence-corrected chi connectivity index (χ2v) is 5.03. The molecule has 1 fully saturated rings. The van der Waals surface area contributed by atoms with Gasteiger partial charge in [0.15, 0.2) is 0 Å². The summed E-state index contributed by atoms with van der Waals surface area (Å²) in [4.78, 5) is 9.20. The first kappa shape index (κ1) is 11.5. The number of aliphatic imine (C=N–C) groups is 1. The van der Waals surface area contributed by atoms with Crippen LogP contribution in [0.2, 0.25) is 0 Å². The molecule has 0 aromatic heterocycles. The maximum Gasteiger partial charge on any atom is 0.127 e. The first-order valence-corrected chi connectivity index (χ1v) is 6.08. The first-order valence-electron chi connectivity index (χ1n) is 6.08. The Labute approximate surface area is 98.0 Å². The fraction of sp³-hybridized carbons (Fsp3) is 0.750. The first-order chi connectivity index (χ1) is 7.69. The lowest BCUT2D eigenvalue weighted by atomic mass is 10.1. The summed E-state index contributed by atoms with van der Waals surface area (Å²) in [5.74, 6) is 1.84. The Hall–Kier alpha value is -1.03. The van der Waals surface area contributed by atoms with Crippen LogP contribution in [-0.2, 0) is 0 Å². The molecular formula is C12H22N4. The summed E-state index contributed by atoms with van der Waals surface area (Å²) in [6.07, 6.45) is 4.31. The number of amidine groups is 1. The molecule has 0 spiro atoms. The van der Waals surface area contributed by atoms with E-state index in [4.69, 9.17) is 0 Å². The Balaban J connectivity index is 1.79. The molecule has 0 aliphatic carbocycles. The van der Waals surface area contributed by atoms with Gasteiger partial charge in [0.05, 0.1) is 0 Å². The van der Waals surface area contributed by atoms with Crippen LogP contribution in [0.1, 0.15) is 13.8 Å². The van der Waals surface area contributed by atoms with E-state index in [2.05, 4.69) is 46.2 Å². The molecule has 4 nitrogen and oxygen atoms in total. The standard InChI is InChI=1S/C12H22N4/c1-10(2)6-15-5-4-12(14-9-15)16-7-11(8-16)13-3/h4-5,10-11,13H,6-9H2,1-3H3. The van der Waals surface area contributed by atoms with E-state index < -0.39 is 0 Å². The molecule has 1 saturated heterocycles. The van der Waals surface area contributed by atoms with Crippen LogP contribution in [0.25, 0.3) is 0 Å². The van der Waals surface area contributed by atoms with E-state index in [9.17, 15) is 0 Å². The lowest BCUT2D eigenvalue weighted by Crippen LogP contribution is -2.59. The molecule has 2 aliphatic rings. The van der Waals surface area contributed by atoms with Gasteiger partial charge in [0.25, 0.3) is 0 Å². The molecule has 4 heteroatoms. The molecular weight excluding hydrogens is 200 g/mol. The third-order valence-electron chi connectivity index (χ3n) is 3.06. The summed E-state index contributed by atoms with van der Waals surface area (Å²) in [6.45, 7) is 8.55. The minimum atomic E-state index is 0.643. The Bertz CT molecular complexity index is 289. The molecule has 0 aromatic carbocycles. The average molecular weight is 222 g/mol. The van der Waals surface area contributed by atoms with Gasteiger partial charge in [-0.3, -0.25) is 0 Å². The summed E-state index contributed by atoms with van der Waals surface area (Å²) in [7, 11) is 2.02. The number of rotatable bonds is 3. The highest BCUT2D eigenvalue weighted by Crippen LogP contribution is 2.12. The predicted octanol–water partition coefficient (Wildman–Crippen LogP) is 0.731. The van der Waals surface area contributed by atoms with Crippen molar-refractivity contribution in [3.05, 3.63) is 12.3 Å². The van der Waals surface area contributed by atoms with Crippen LogP contribution in [0, 0.1) is 5.92 Å². The second kappa shape index (κ2) is 4.87. The maximum absolute atomic E-state index is 4.61. The number of likely N-dealkylation sites (tertiary alicyclic amines) is 1. The van der Waals surface area contributed by atoms with Gasteiger partial charge < -0.3 is 15.1 Å². The van der Waals surface area contributed by atoms with Crippen molar-refractivity contribution in [3.8, 4) is 0 Å². The molecule has 0 saturated carbocycles. The highest BCUT2D eigenvalue weighted by atomic mass is 15.3. The van der Waals surface area contributed by atoms with E-state index in [1.165, 1.54) is 0 Å². The van der Waals surface area contributed by atoms with Crippen molar-refractivity contribution in [3.63, 3.8) is 0 Å². The molecule has 1 N–H and O–H groups in total. The minimum absolute atomic E-state index is 0.643. The van der Waals surface area contributed by atoms with E-state index >= 15 is 0 Å². The van der Waals surface area contributed by atoms with E-state index in [0.29, 0.717) is 12.0 Å². The van der Waals surface area contributed by atoms with Gasteiger partial charge >= 0.3 is 0 Å². The van der Waals surface area contributed by atoms with Gasteiger partial charge in [-0.25, -0.2) is 4.99 Å². The summed E-state index contributed by atoms with van der Waals surface area (Å²) >= 11 is 0. The fourth-order valence-corrected chi connectivity index (χ4v) is 2.08. The zero-order valence-corrected chi connectivity index (χ0v) is 10.5. The van der Waals surface area contributed by atoms with E-state index in [-0.39, 0.29) is 0 Å². The number of nitrogens with one attached hydrogen (secondary N) is 1. The number of hydrogen-bond acceptors (Lipinski definition) is 4. The summed E-state index contributed by atoms with van der Waals surface area (Å²) in [6, 6.07) is 0.643. The van der Waals surface area contributed by atoms with Gasteiger partial charge in [0, 0.05) is 31.9 Å². The smallest absolute Gasteiger partial charge is 0.127 e. The van der Waals surface area contributed by atoms with E-state index in [1.807, 2.05) is 7.05 Å². The Morgan fingerprint density at radius 1 is 1.50 bits per heavy atom. The quantitative estimate of drug-likeness (QED) is 0.764. The number of hydrogen-bond donors (Lipinski definition) is 1. The highest BCUT2D eigenvalue weighted by Gasteiger charge is 2.27. The van der Waals surface area contributed by atoms with Crippen molar-refractivity contribution in [1.82, 2.24) is 15.1 Å². The van der Waals surface area contributed by atoms with Crippen LogP contribution in [0.5, 0.6) is 0 Å². The van der Waals surface area contributed by atoms with Crippen molar-refractivity contribution < 1.29 is 0 Å². The fourth-order valence-electron chi connectivity index (χ4n) is 2.08. The molecule has 2 aliphatic heterocycles. The minimum Gasteiger partial charge on any atom is -0.358 e. The second-order valence-electron chi connectivity index (χ2n) is 5.03. The molecule has 90 valence electrons. The molecule has 0 aromatic rings. The SMILES string of the molecule is CNC1CN(C2=NCN(CC(C)C)C=C2)C1. The van der Waals surface area contributed by atoms with Crippen molar-refractivity contribution in [1.29, 1.82) is 0 Å². The Morgan fingerprint density at radius 3 is 2.75 bits per heavy atom. The summed E-state index contributed by atoms with van der Waals surface area (Å²) in [5, 5.41) is 3.27. The molecule has 0 atom stereocenters. The zero-order valence-electron chi connectivity index (χ0n) is 10.5. The maximum atomic E-state index is 4.61. The van der Waals surface area contributed by atoms with Gasteiger partial charge in [-0.2, -0.15) is 0 Å². The van der Waals surface area contributed by atoms with Gasteiger partial charge in [-0.15, -0.1) is 0 Å². The molecule has 0 unspecified atom stereocenters. The lowest BCUT2D eigenvalue weighted by Gasteiger charge is -2.41. The van der Waals surface area contributed by atoms with Crippen LogP contribution < -0.4 is 5.32 Å². The topological polar surface area (TPSA) is 30.9 Å². The van der Waals surface area contributed by atoms with Crippen LogP contribution in [0.3, 0.4) is 0 Å². The molecule has 0 bridgehead atoms. The zero-order chi connectivity index (χ0) is 11.5. The Morgan fingerprint density at radius 2 is 2.25 bits per heavy atom. The highest BCUT2D eigenvalue weighted by molar-refractivity contribution is 5.94. The van der Waals surface area contributed by atoms with E-state index in [0.717, 1.165) is 32.1 Å². The Kier molecular flexibility index (Phi) is 3.49. The summed E-state index contributed by atoms with van der Waals surface area (Å²) < 4.78 is 0. The molecule has 0 radical (unpaired) electrons. The largest absolute Gasteiger partial charge is 0.358 e. The van der Waals surface area contributed by atoms with Crippen molar-refractivity contribution >= 4 is 5.84 Å². The van der Waals surface area contributed by atoms with Crippen molar-refractivity contribution in [2.24, 2.45) is 10.9 Å². The third kappa shape index (κ3) is 2.55. The number of likely N-dealkylation sites (N-methyl/N-ethyl adjacent to an activating group) is 1. The normalized spacial score (nSPS) is 21.4. The van der Waals surface area contributed by atoms with Crippen LogP contribution in [0.4, 0.5) is 0 Å². The molecule has 2 rings (SSSR count). The summed E-state index contributed by atoms with van der Waals surface area (Å²) in [5.41, 5.74) is 0. The monoisotopic (exact) mass is 222 g/mol. The lowest BCUT2D eigenvalue weighted by molar-refractivity contribution is 0.222. The average Bonchev–Trinajstić information content (AvgIpc) is 2.18. The van der Waals surface area contributed by atoms with Crippen LogP contribution in [0.15, 0.2) is 17.3 Å². The molecule has 0 amide bonds. The van der Waals surface area contributed by atoms with Gasteiger partial charge in [0.2, 0.25) is 0 Å². The number of nitrogens with zero attached hydrogens (tertiary/aromatic N) is 3. The van der Waals surface area contributed by atoms with Crippen molar-refractivity contribution in [2.75, 3.05) is 33.4 Å². The van der Waals surface area contributed by atoms with Gasteiger partial charge in [0.1, 0.15) is 12.5 Å². The molecule has 16 heavy (non-hydrogen) atoms. The van der Waals surface area contributed by atoms with Gasteiger partial charge in [-0.1, -0.05) is 13.8 Å². The van der Waals surface area contributed by atoms with E-state index in [1.54, 1.807) is 0 Å². The predicted molar refractivity (Wildman–Crippen MR) is 67.4 cm³/mol. The molecule has 2 heterocycles. The van der Waals surface area contributed by atoms with Crippen LogP contribution in [-0.4, -0.2) is 55.0 Å². The third-order valence-corrected chi connectivity index (χ3v) is 3.06. The van der Waals surface area contributed by atoms with Crippen molar-refractivity contribution in [2.45, 2.75) is 19.9 Å². The van der Waals surface area contributed by atoms with Gasteiger partial charge in [-0.05, 0) is 19.0 Å².